The minimum Gasteiger partial charge on any atom is -0.348 e. The van der Waals surface area contributed by atoms with Crippen molar-refractivity contribution in [3.63, 3.8) is 0 Å². The third-order valence-corrected chi connectivity index (χ3v) is 7.46. The van der Waals surface area contributed by atoms with E-state index < -0.39 is 0 Å². The van der Waals surface area contributed by atoms with Gasteiger partial charge in [0.2, 0.25) is 0 Å². The molecule has 0 saturated carbocycles. The number of carbonyl (C=O) groups excluding carboxylic acids is 1. The molecule has 1 aliphatic rings. The first kappa shape index (κ1) is 19.4. The smallest absolute Gasteiger partial charge is 0.270 e. The second kappa shape index (κ2) is 8.68. The van der Waals surface area contributed by atoms with E-state index in [1.165, 1.54) is 15.6 Å². The number of hydrogen-bond donors (Lipinski definition) is 1. The average Bonchev–Trinajstić information content (AvgIpc) is 3.43. The highest BCUT2D eigenvalue weighted by Crippen LogP contribution is 2.35. The Morgan fingerprint density at radius 1 is 1.00 bits per heavy atom. The number of nitrogens with one attached hydrogen (secondary N) is 1. The van der Waals surface area contributed by atoms with Crippen LogP contribution in [0.1, 0.15) is 28.9 Å². The van der Waals surface area contributed by atoms with Crippen LogP contribution in [0.5, 0.6) is 0 Å². The van der Waals surface area contributed by atoms with Crippen LogP contribution in [0, 0.1) is 0 Å². The van der Waals surface area contributed by atoms with Crippen LogP contribution in [0.3, 0.4) is 0 Å². The highest BCUT2D eigenvalue weighted by molar-refractivity contribution is 7.19. The molecule has 1 amide bonds. The average molecular weight is 434 g/mol. The van der Waals surface area contributed by atoms with E-state index in [1.54, 1.807) is 22.7 Å². The monoisotopic (exact) mass is 433 g/mol. The summed E-state index contributed by atoms with van der Waals surface area (Å²) in [4.78, 5) is 19.9. The Balaban J connectivity index is 1.19. The molecule has 0 radical (unpaired) electrons. The zero-order valence-corrected chi connectivity index (χ0v) is 18.2. The van der Waals surface area contributed by atoms with Gasteiger partial charge in [0.15, 0.2) is 0 Å². The molecule has 30 heavy (non-hydrogen) atoms. The van der Waals surface area contributed by atoms with Crippen molar-refractivity contribution in [3.8, 4) is 10.6 Å². The van der Waals surface area contributed by atoms with Gasteiger partial charge in [-0.05, 0) is 24.5 Å². The molecule has 0 bridgehead atoms. The van der Waals surface area contributed by atoms with E-state index in [0.717, 1.165) is 43.0 Å². The van der Waals surface area contributed by atoms with Gasteiger partial charge in [-0.15, -0.1) is 22.7 Å². The summed E-state index contributed by atoms with van der Waals surface area (Å²) in [7, 11) is 0. The third kappa shape index (κ3) is 4.17. The molecule has 2 aromatic heterocycles. The summed E-state index contributed by atoms with van der Waals surface area (Å²) in [5.74, 6) is -0.0569. The van der Waals surface area contributed by atoms with Crippen LogP contribution >= 0.6 is 22.7 Å². The summed E-state index contributed by atoms with van der Waals surface area (Å²) in [5.41, 5.74) is 2.99. The lowest BCUT2D eigenvalue weighted by molar-refractivity contribution is 0.0904. The van der Waals surface area contributed by atoms with Crippen LogP contribution in [0.25, 0.3) is 20.7 Å². The van der Waals surface area contributed by atoms with Gasteiger partial charge in [-0.3, -0.25) is 9.69 Å². The molecule has 4 nitrogen and oxygen atoms in total. The molecule has 2 aromatic carbocycles. The van der Waals surface area contributed by atoms with Crippen LogP contribution in [0.4, 0.5) is 0 Å². The second-order valence-electron chi connectivity index (χ2n) is 7.69. The van der Waals surface area contributed by atoms with E-state index in [0.29, 0.717) is 5.69 Å². The van der Waals surface area contributed by atoms with Gasteiger partial charge < -0.3 is 5.32 Å². The van der Waals surface area contributed by atoms with Crippen molar-refractivity contribution in [2.45, 2.75) is 25.4 Å². The Hall–Kier alpha value is -2.54. The summed E-state index contributed by atoms with van der Waals surface area (Å²) >= 11 is 3.26. The van der Waals surface area contributed by atoms with Gasteiger partial charge in [0.05, 0.1) is 0 Å². The molecule has 1 aliphatic heterocycles. The van der Waals surface area contributed by atoms with Crippen molar-refractivity contribution in [3.05, 3.63) is 76.6 Å². The first-order chi connectivity index (χ1) is 14.8. The Labute approximate surface area is 184 Å². The lowest BCUT2D eigenvalue weighted by Crippen LogP contribution is -2.44. The SMILES string of the molecule is O=C(NC1CCN(Cc2ccccc2)CC1)c1csc(-c2csc3ccccc23)n1. The third-order valence-electron chi connectivity index (χ3n) is 5.62. The molecule has 1 fully saturated rings. The Bertz CT molecular complexity index is 1140. The maximum atomic E-state index is 12.8. The topological polar surface area (TPSA) is 45.2 Å². The maximum absolute atomic E-state index is 12.8. The van der Waals surface area contributed by atoms with Crippen LogP contribution in [-0.2, 0) is 6.54 Å². The number of rotatable bonds is 5. The summed E-state index contributed by atoms with van der Waals surface area (Å²) < 4.78 is 1.25. The molecule has 4 aromatic rings. The second-order valence-corrected chi connectivity index (χ2v) is 9.46. The van der Waals surface area contributed by atoms with Gasteiger partial charge in [0.1, 0.15) is 10.7 Å². The summed E-state index contributed by atoms with van der Waals surface area (Å²) in [6.07, 6.45) is 1.95. The highest BCUT2D eigenvalue weighted by Gasteiger charge is 2.22. The summed E-state index contributed by atoms with van der Waals surface area (Å²) in [6, 6.07) is 19.1. The number of carbonyl (C=O) groups is 1. The molecular formula is C24H23N3OS2. The van der Waals surface area contributed by atoms with Crippen molar-refractivity contribution in [1.82, 2.24) is 15.2 Å². The van der Waals surface area contributed by atoms with E-state index in [-0.39, 0.29) is 11.9 Å². The Morgan fingerprint density at radius 2 is 1.77 bits per heavy atom. The van der Waals surface area contributed by atoms with Gasteiger partial charge in [-0.25, -0.2) is 4.98 Å². The van der Waals surface area contributed by atoms with Gasteiger partial charge in [-0.1, -0.05) is 48.5 Å². The summed E-state index contributed by atoms with van der Waals surface area (Å²) in [5, 5.41) is 9.32. The van der Waals surface area contributed by atoms with E-state index in [2.05, 4.69) is 69.1 Å². The van der Waals surface area contributed by atoms with E-state index in [4.69, 9.17) is 0 Å². The minimum atomic E-state index is -0.0569. The fourth-order valence-electron chi connectivity index (χ4n) is 3.98. The quantitative estimate of drug-likeness (QED) is 0.457. The molecule has 0 spiro atoms. The predicted octanol–water partition coefficient (Wildman–Crippen LogP) is 5.42. The molecule has 0 atom stereocenters. The predicted molar refractivity (Wildman–Crippen MR) is 125 cm³/mol. The van der Waals surface area contributed by atoms with Crippen LogP contribution < -0.4 is 5.32 Å². The van der Waals surface area contributed by atoms with E-state index in [1.807, 2.05) is 11.4 Å². The fourth-order valence-corrected chi connectivity index (χ4v) is 5.83. The number of amides is 1. The lowest BCUT2D eigenvalue weighted by atomic mass is 10.0. The van der Waals surface area contributed by atoms with Crippen molar-refractivity contribution in [2.24, 2.45) is 0 Å². The number of aromatic nitrogens is 1. The number of thiophene rings is 1. The van der Waals surface area contributed by atoms with Crippen LogP contribution in [0.2, 0.25) is 0 Å². The van der Waals surface area contributed by atoms with Gasteiger partial charge in [0, 0.05) is 52.1 Å². The molecule has 0 aliphatic carbocycles. The molecule has 1 saturated heterocycles. The number of hydrogen-bond acceptors (Lipinski definition) is 5. The number of thiazole rings is 1. The molecule has 0 unspecified atom stereocenters. The fraction of sp³-hybridized carbons (Fsp3) is 0.250. The molecule has 6 heteroatoms. The van der Waals surface area contributed by atoms with Crippen LogP contribution in [0.15, 0.2) is 65.4 Å². The van der Waals surface area contributed by atoms with Crippen molar-refractivity contribution >= 4 is 38.7 Å². The molecule has 5 rings (SSSR count). The largest absolute Gasteiger partial charge is 0.348 e. The van der Waals surface area contributed by atoms with Crippen molar-refractivity contribution in [1.29, 1.82) is 0 Å². The van der Waals surface area contributed by atoms with E-state index >= 15 is 0 Å². The summed E-state index contributed by atoms with van der Waals surface area (Å²) in [6.45, 7) is 2.98. The molecule has 1 N–H and O–H groups in total. The van der Waals surface area contributed by atoms with Gasteiger partial charge in [0.25, 0.3) is 5.91 Å². The van der Waals surface area contributed by atoms with Crippen molar-refractivity contribution in [2.75, 3.05) is 13.1 Å². The zero-order chi connectivity index (χ0) is 20.3. The molecular weight excluding hydrogens is 410 g/mol. The normalized spacial score (nSPS) is 15.5. The Kier molecular flexibility index (Phi) is 5.62. The Morgan fingerprint density at radius 3 is 2.60 bits per heavy atom. The first-order valence-corrected chi connectivity index (χ1v) is 12.0. The lowest BCUT2D eigenvalue weighted by Gasteiger charge is -2.32. The first-order valence-electron chi connectivity index (χ1n) is 10.3. The zero-order valence-electron chi connectivity index (χ0n) is 16.6. The standard InChI is InChI=1S/C24H23N3OS2/c28-23(25-18-10-12-27(13-11-18)14-17-6-2-1-3-7-17)21-16-30-24(26-21)20-15-29-22-9-5-4-8-19(20)22/h1-9,15-16,18H,10-14H2,(H,25,28). The maximum Gasteiger partial charge on any atom is 0.270 e. The molecule has 152 valence electrons. The van der Waals surface area contributed by atoms with E-state index in [9.17, 15) is 4.79 Å². The highest BCUT2D eigenvalue weighted by atomic mass is 32.1. The van der Waals surface area contributed by atoms with Crippen molar-refractivity contribution < 1.29 is 4.79 Å². The number of fused-ring (bicyclic) bond motifs is 1. The van der Waals surface area contributed by atoms with Gasteiger partial charge >= 0.3 is 0 Å². The number of likely N-dealkylation sites (tertiary alicyclic amines) is 1. The van der Waals surface area contributed by atoms with Gasteiger partial charge in [-0.2, -0.15) is 0 Å². The molecule has 3 heterocycles. The number of nitrogens with zero attached hydrogens (tertiary/aromatic N) is 2. The number of benzene rings is 2. The number of piperidine rings is 1. The minimum absolute atomic E-state index is 0.0569. The van der Waals surface area contributed by atoms with Crippen LogP contribution in [-0.4, -0.2) is 34.9 Å².